The lowest BCUT2D eigenvalue weighted by molar-refractivity contribution is -0.384. The van der Waals surface area contributed by atoms with Crippen LogP contribution in [0.25, 0.3) is 0 Å². The lowest BCUT2D eigenvalue weighted by atomic mass is 10.2. The van der Waals surface area contributed by atoms with Crippen molar-refractivity contribution in [2.45, 2.75) is 31.8 Å². The number of nitro groups is 1. The Morgan fingerprint density at radius 1 is 1.40 bits per heavy atom. The van der Waals surface area contributed by atoms with Gasteiger partial charge in [-0.15, -0.1) is 0 Å². The molecule has 1 aliphatic rings. The molecule has 1 fully saturated rings. The highest BCUT2D eigenvalue weighted by Gasteiger charge is 2.36. The van der Waals surface area contributed by atoms with Gasteiger partial charge in [0.25, 0.3) is 5.69 Å². The molecule has 1 saturated carbocycles. The van der Waals surface area contributed by atoms with Crippen molar-refractivity contribution in [3.63, 3.8) is 0 Å². The number of benzene rings is 1. The number of hydrogen-bond acceptors (Lipinski definition) is 3. The average molecular weight is 206 g/mol. The first kappa shape index (κ1) is 10.1. The van der Waals surface area contributed by atoms with Gasteiger partial charge < -0.3 is 5.32 Å². The normalized spacial score (nSPS) is 17.4. The fourth-order valence-electron chi connectivity index (χ4n) is 1.42. The molecule has 0 saturated heterocycles. The standard InChI is InChI=1S/C11H14N2O2/c1-11(6-7-11)12-8-9-2-4-10(5-3-9)13(14)15/h2-5,12H,6-8H2,1H3. The maximum atomic E-state index is 10.4. The van der Waals surface area contributed by atoms with Crippen molar-refractivity contribution in [3.05, 3.63) is 39.9 Å². The van der Waals surface area contributed by atoms with E-state index in [1.165, 1.54) is 12.8 Å². The van der Waals surface area contributed by atoms with Crippen LogP contribution in [0.15, 0.2) is 24.3 Å². The molecule has 0 heterocycles. The number of hydrogen-bond donors (Lipinski definition) is 1. The molecule has 0 amide bonds. The van der Waals surface area contributed by atoms with E-state index in [1.807, 2.05) is 0 Å². The van der Waals surface area contributed by atoms with Crippen molar-refractivity contribution in [1.82, 2.24) is 5.32 Å². The first-order valence-corrected chi connectivity index (χ1v) is 5.07. The zero-order chi connectivity index (χ0) is 10.9. The monoisotopic (exact) mass is 206 g/mol. The van der Waals surface area contributed by atoms with Crippen LogP contribution in [0, 0.1) is 10.1 Å². The maximum absolute atomic E-state index is 10.4. The molecule has 0 spiro atoms. The van der Waals surface area contributed by atoms with Crippen LogP contribution in [0.5, 0.6) is 0 Å². The quantitative estimate of drug-likeness (QED) is 0.607. The zero-order valence-corrected chi connectivity index (χ0v) is 8.69. The van der Waals surface area contributed by atoms with Gasteiger partial charge >= 0.3 is 0 Å². The van der Waals surface area contributed by atoms with Gasteiger partial charge in [-0.2, -0.15) is 0 Å². The first-order valence-electron chi connectivity index (χ1n) is 5.07. The topological polar surface area (TPSA) is 55.2 Å². The molecule has 1 N–H and O–H groups in total. The van der Waals surface area contributed by atoms with E-state index in [9.17, 15) is 10.1 Å². The third-order valence-electron chi connectivity index (χ3n) is 2.87. The molecule has 1 aliphatic carbocycles. The summed E-state index contributed by atoms with van der Waals surface area (Å²) in [6.07, 6.45) is 2.44. The third kappa shape index (κ3) is 2.53. The summed E-state index contributed by atoms with van der Waals surface area (Å²) in [5.74, 6) is 0. The Morgan fingerprint density at radius 3 is 2.47 bits per heavy atom. The van der Waals surface area contributed by atoms with Crippen LogP contribution in [0.3, 0.4) is 0 Å². The highest BCUT2D eigenvalue weighted by Crippen LogP contribution is 2.34. The summed E-state index contributed by atoms with van der Waals surface area (Å²) in [5.41, 5.74) is 1.55. The Bertz CT molecular complexity index is 369. The second-order valence-corrected chi connectivity index (χ2v) is 4.34. The summed E-state index contributed by atoms with van der Waals surface area (Å²) in [6, 6.07) is 6.70. The molecule has 4 nitrogen and oxygen atoms in total. The molecule has 1 aromatic carbocycles. The van der Waals surface area contributed by atoms with Crippen molar-refractivity contribution in [3.8, 4) is 0 Å². The van der Waals surface area contributed by atoms with Crippen LogP contribution in [0.1, 0.15) is 25.3 Å². The van der Waals surface area contributed by atoms with Gasteiger partial charge in [0, 0.05) is 24.2 Å². The molecule has 80 valence electrons. The van der Waals surface area contributed by atoms with Crippen LogP contribution >= 0.6 is 0 Å². The minimum atomic E-state index is -0.376. The lowest BCUT2D eigenvalue weighted by Gasteiger charge is -2.10. The van der Waals surface area contributed by atoms with Gasteiger partial charge in [-0.1, -0.05) is 12.1 Å². The van der Waals surface area contributed by atoms with E-state index in [1.54, 1.807) is 24.3 Å². The van der Waals surface area contributed by atoms with Crippen molar-refractivity contribution in [2.24, 2.45) is 0 Å². The molecule has 0 atom stereocenters. The summed E-state index contributed by atoms with van der Waals surface area (Å²) in [4.78, 5) is 10.1. The van der Waals surface area contributed by atoms with Crippen molar-refractivity contribution >= 4 is 5.69 Å². The average Bonchev–Trinajstić information content (AvgIpc) is 2.95. The van der Waals surface area contributed by atoms with Gasteiger partial charge in [0.15, 0.2) is 0 Å². The summed E-state index contributed by atoms with van der Waals surface area (Å²) in [6.45, 7) is 2.98. The predicted molar refractivity (Wildman–Crippen MR) is 57.6 cm³/mol. The number of nitrogens with one attached hydrogen (secondary N) is 1. The van der Waals surface area contributed by atoms with Crippen LogP contribution in [-0.4, -0.2) is 10.5 Å². The molecule has 15 heavy (non-hydrogen) atoms. The van der Waals surface area contributed by atoms with E-state index >= 15 is 0 Å². The molecule has 1 aromatic rings. The molecular weight excluding hydrogens is 192 g/mol. The van der Waals surface area contributed by atoms with Gasteiger partial charge in [0.2, 0.25) is 0 Å². The number of non-ortho nitro benzene ring substituents is 1. The molecule has 0 bridgehead atoms. The highest BCUT2D eigenvalue weighted by molar-refractivity contribution is 5.32. The van der Waals surface area contributed by atoms with E-state index < -0.39 is 0 Å². The van der Waals surface area contributed by atoms with Crippen molar-refractivity contribution in [1.29, 1.82) is 0 Å². The Kier molecular flexibility index (Phi) is 2.44. The molecule has 2 rings (SSSR count). The Balaban J connectivity index is 1.95. The second-order valence-electron chi connectivity index (χ2n) is 4.34. The Morgan fingerprint density at radius 2 is 2.00 bits per heavy atom. The van der Waals surface area contributed by atoms with Crippen LogP contribution in [0.2, 0.25) is 0 Å². The lowest BCUT2D eigenvalue weighted by Crippen LogP contribution is -2.26. The number of nitro benzene ring substituents is 1. The van der Waals surface area contributed by atoms with E-state index in [2.05, 4.69) is 12.2 Å². The maximum Gasteiger partial charge on any atom is 0.269 e. The van der Waals surface area contributed by atoms with Gasteiger partial charge in [0.1, 0.15) is 0 Å². The summed E-state index contributed by atoms with van der Waals surface area (Å²) >= 11 is 0. The SMILES string of the molecule is CC1(NCc2ccc([N+](=O)[O-])cc2)CC1. The van der Waals surface area contributed by atoms with E-state index in [4.69, 9.17) is 0 Å². The number of nitrogens with zero attached hydrogens (tertiary/aromatic N) is 1. The van der Waals surface area contributed by atoms with E-state index in [-0.39, 0.29) is 10.6 Å². The molecule has 0 radical (unpaired) electrons. The number of rotatable bonds is 4. The first-order chi connectivity index (χ1) is 7.09. The molecular formula is C11H14N2O2. The fraction of sp³-hybridized carbons (Fsp3) is 0.455. The van der Waals surface area contributed by atoms with Crippen molar-refractivity contribution < 1.29 is 4.92 Å². The summed E-state index contributed by atoms with van der Waals surface area (Å²) in [7, 11) is 0. The zero-order valence-electron chi connectivity index (χ0n) is 8.69. The largest absolute Gasteiger partial charge is 0.307 e. The summed E-state index contributed by atoms with van der Waals surface area (Å²) in [5, 5.41) is 13.9. The van der Waals surface area contributed by atoms with Gasteiger partial charge in [-0.3, -0.25) is 10.1 Å². The van der Waals surface area contributed by atoms with Crippen molar-refractivity contribution in [2.75, 3.05) is 0 Å². The second kappa shape index (κ2) is 3.62. The van der Waals surface area contributed by atoms with Crippen LogP contribution in [-0.2, 0) is 6.54 Å². The van der Waals surface area contributed by atoms with Gasteiger partial charge in [-0.25, -0.2) is 0 Å². The minimum Gasteiger partial charge on any atom is -0.307 e. The van der Waals surface area contributed by atoms with Crippen LogP contribution in [0.4, 0.5) is 5.69 Å². The fourth-order valence-corrected chi connectivity index (χ4v) is 1.42. The Hall–Kier alpha value is -1.42. The highest BCUT2D eigenvalue weighted by atomic mass is 16.6. The van der Waals surface area contributed by atoms with Gasteiger partial charge in [0.05, 0.1) is 4.92 Å². The Labute approximate surface area is 88.5 Å². The minimum absolute atomic E-state index is 0.149. The van der Waals surface area contributed by atoms with E-state index in [0.717, 1.165) is 12.1 Å². The third-order valence-corrected chi connectivity index (χ3v) is 2.87. The predicted octanol–water partition coefficient (Wildman–Crippen LogP) is 2.24. The molecule has 0 aromatic heterocycles. The smallest absolute Gasteiger partial charge is 0.269 e. The van der Waals surface area contributed by atoms with Crippen LogP contribution < -0.4 is 5.32 Å². The van der Waals surface area contributed by atoms with Gasteiger partial charge in [-0.05, 0) is 25.3 Å². The summed E-state index contributed by atoms with van der Waals surface area (Å²) < 4.78 is 0. The molecule has 4 heteroatoms. The molecule has 0 aliphatic heterocycles. The molecule has 0 unspecified atom stereocenters. The van der Waals surface area contributed by atoms with E-state index in [0.29, 0.717) is 5.54 Å².